The number of hydrogen-bond acceptors (Lipinski definition) is 1. The average Bonchev–Trinajstić information content (AvgIpc) is 1.97. The monoisotopic (exact) mass is 399 g/mol. The predicted octanol–water partition coefficient (Wildman–Crippen LogP) is 3.37. The number of halogens is 5. The molecule has 0 fully saturated rings. The van der Waals surface area contributed by atoms with Gasteiger partial charge >= 0.3 is 0 Å². The molecule has 0 N–H and O–H groups in total. The maximum atomic E-state index is 12.7. The van der Waals surface area contributed by atoms with Crippen LogP contribution in [0.25, 0.3) is 0 Å². The molecule has 6 heteroatoms. The summed E-state index contributed by atoms with van der Waals surface area (Å²) < 4.78 is 37.4. The van der Waals surface area contributed by atoms with Crippen molar-refractivity contribution in [3.63, 3.8) is 0 Å². The van der Waals surface area contributed by atoms with Gasteiger partial charge in [0, 0.05) is 9.77 Å². The summed E-state index contributed by atoms with van der Waals surface area (Å²) in [6.07, 6.45) is -1.55. The van der Waals surface area contributed by atoms with Crippen molar-refractivity contribution in [2.45, 2.75) is 6.43 Å². The maximum absolute atomic E-state index is 12.7. The number of pyridine rings is 1. The molecule has 0 aliphatic heterocycles. The lowest BCUT2D eigenvalue weighted by Crippen LogP contribution is -1.99. The lowest BCUT2D eigenvalue weighted by Gasteiger charge is -2.05. The highest BCUT2D eigenvalue weighted by molar-refractivity contribution is 14.1. The van der Waals surface area contributed by atoms with Gasteiger partial charge in [-0.25, -0.2) is 13.8 Å². The zero-order chi connectivity index (χ0) is 9.30. The summed E-state index contributed by atoms with van der Waals surface area (Å²) in [5, 5.41) is 0. The van der Waals surface area contributed by atoms with Gasteiger partial charge in [0.05, 0.1) is 9.13 Å². The third-order valence-corrected chi connectivity index (χ3v) is 3.07. The van der Waals surface area contributed by atoms with Gasteiger partial charge < -0.3 is 0 Å². The van der Waals surface area contributed by atoms with E-state index in [-0.39, 0.29) is 12.7 Å². The van der Waals surface area contributed by atoms with Crippen molar-refractivity contribution in [1.29, 1.82) is 0 Å². The molecule has 0 radical (unpaired) electrons. The molecular weight excluding hydrogens is 397 g/mol. The first-order valence-electron chi connectivity index (χ1n) is 2.81. The second-order valence-electron chi connectivity index (χ2n) is 1.93. The second kappa shape index (κ2) is 4.07. The van der Waals surface area contributed by atoms with Crippen molar-refractivity contribution in [3.8, 4) is 0 Å². The summed E-state index contributed by atoms with van der Waals surface area (Å²) in [7, 11) is 0. The second-order valence-corrected chi connectivity index (χ2v) is 4.17. The molecule has 1 aromatic rings. The van der Waals surface area contributed by atoms with E-state index in [1.165, 1.54) is 22.6 Å². The maximum Gasteiger partial charge on any atom is 0.266 e. The van der Waals surface area contributed by atoms with E-state index in [0.717, 1.165) is 6.20 Å². The van der Waals surface area contributed by atoms with Gasteiger partial charge in [-0.05, 0) is 45.2 Å². The van der Waals surface area contributed by atoms with Crippen molar-refractivity contribution in [2.24, 2.45) is 0 Å². The summed E-state index contributed by atoms with van der Waals surface area (Å²) in [6, 6.07) is 0. The van der Waals surface area contributed by atoms with E-state index in [1.807, 2.05) is 0 Å². The molecule has 0 spiro atoms. The van der Waals surface area contributed by atoms with Crippen LogP contribution in [-0.4, -0.2) is 4.98 Å². The van der Waals surface area contributed by atoms with Gasteiger partial charge in [0.25, 0.3) is 6.43 Å². The van der Waals surface area contributed by atoms with Crippen LogP contribution in [0.4, 0.5) is 13.2 Å². The highest BCUT2D eigenvalue weighted by Crippen LogP contribution is 2.29. The van der Waals surface area contributed by atoms with E-state index in [4.69, 9.17) is 0 Å². The van der Waals surface area contributed by atoms with Crippen LogP contribution in [0.5, 0.6) is 0 Å². The third-order valence-electron chi connectivity index (χ3n) is 1.18. The van der Waals surface area contributed by atoms with Gasteiger partial charge in [0.2, 0.25) is 5.95 Å². The van der Waals surface area contributed by atoms with Gasteiger partial charge in [0.1, 0.15) is 0 Å². The van der Waals surface area contributed by atoms with E-state index in [1.54, 1.807) is 22.6 Å². The molecule has 1 nitrogen and oxygen atoms in total. The Morgan fingerprint density at radius 1 is 1.33 bits per heavy atom. The normalized spacial score (nSPS) is 10.8. The lowest BCUT2D eigenvalue weighted by atomic mass is 10.3. The smallest absolute Gasteiger partial charge is 0.226 e. The van der Waals surface area contributed by atoms with Crippen LogP contribution in [0.1, 0.15) is 12.0 Å². The number of hydrogen-bond donors (Lipinski definition) is 0. The van der Waals surface area contributed by atoms with Crippen molar-refractivity contribution in [1.82, 2.24) is 4.98 Å². The highest BCUT2D eigenvalue weighted by Gasteiger charge is 2.18. The van der Waals surface area contributed by atoms with E-state index in [2.05, 4.69) is 4.98 Å². The largest absolute Gasteiger partial charge is 0.266 e. The molecule has 0 bridgehead atoms. The molecule has 12 heavy (non-hydrogen) atoms. The Morgan fingerprint density at radius 2 is 1.92 bits per heavy atom. The average molecular weight is 399 g/mol. The summed E-state index contributed by atoms with van der Waals surface area (Å²) in [4.78, 5) is 3.31. The summed E-state index contributed by atoms with van der Waals surface area (Å²) in [6.45, 7) is 0. The first-order chi connectivity index (χ1) is 5.54. The molecule has 0 aliphatic rings. The molecule has 66 valence electrons. The first kappa shape index (κ1) is 10.5. The van der Waals surface area contributed by atoms with Gasteiger partial charge in [-0.15, -0.1) is 0 Å². The van der Waals surface area contributed by atoms with Crippen LogP contribution in [0.3, 0.4) is 0 Å². The van der Waals surface area contributed by atoms with E-state index in [0.29, 0.717) is 0 Å². The van der Waals surface area contributed by atoms with Crippen LogP contribution < -0.4 is 0 Å². The van der Waals surface area contributed by atoms with Crippen molar-refractivity contribution in [2.75, 3.05) is 0 Å². The van der Waals surface area contributed by atoms with Crippen molar-refractivity contribution in [3.05, 3.63) is 24.8 Å². The minimum absolute atomic E-state index is 0.102. The topological polar surface area (TPSA) is 12.9 Å². The molecule has 0 aromatic carbocycles. The van der Waals surface area contributed by atoms with Crippen LogP contribution in [0, 0.1) is 13.1 Å². The summed E-state index contributed by atoms with van der Waals surface area (Å²) in [5.74, 6) is -0.841. The molecule has 1 aromatic heterocycles. The van der Waals surface area contributed by atoms with Gasteiger partial charge in [-0.2, -0.15) is 4.39 Å². The Kier molecular flexibility index (Phi) is 3.56. The first-order valence-corrected chi connectivity index (χ1v) is 4.97. The fourth-order valence-electron chi connectivity index (χ4n) is 0.656. The van der Waals surface area contributed by atoms with Crippen LogP contribution in [0.2, 0.25) is 0 Å². The number of rotatable bonds is 1. The van der Waals surface area contributed by atoms with Crippen LogP contribution >= 0.6 is 45.2 Å². The van der Waals surface area contributed by atoms with Gasteiger partial charge in [-0.3, -0.25) is 0 Å². The van der Waals surface area contributed by atoms with Gasteiger partial charge in [0.15, 0.2) is 0 Å². The van der Waals surface area contributed by atoms with Gasteiger partial charge in [-0.1, -0.05) is 0 Å². The Morgan fingerprint density at radius 3 is 2.33 bits per heavy atom. The molecule has 1 rings (SSSR count). The summed E-state index contributed by atoms with van der Waals surface area (Å²) >= 11 is 3.23. The molecule has 0 atom stereocenters. The standard InChI is InChI=1S/C6H2F3I2N/c7-5(8)3-2(10)1-12-6(9)4(3)11/h1,5H. The SMILES string of the molecule is Fc1ncc(I)c(C(F)F)c1I. The Bertz CT molecular complexity index is 303. The quantitative estimate of drug-likeness (QED) is 0.522. The molecular formula is C6H2F3I2N. The third kappa shape index (κ3) is 2.01. The fraction of sp³-hybridized carbons (Fsp3) is 0.167. The molecule has 0 amide bonds. The van der Waals surface area contributed by atoms with Crippen LogP contribution in [0.15, 0.2) is 6.20 Å². The Hall–Kier alpha value is 0.400. The molecule has 0 saturated heterocycles. The van der Waals surface area contributed by atoms with Crippen molar-refractivity contribution >= 4 is 45.2 Å². The number of nitrogens with zero attached hydrogens (tertiary/aromatic N) is 1. The van der Waals surface area contributed by atoms with E-state index >= 15 is 0 Å². The zero-order valence-corrected chi connectivity index (χ0v) is 9.81. The number of alkyl halides is 2. The Balaban J connectivity index is 3.33. The molecule has 0 saturated carbocycles. The lowest BCUT2D eigenvalue weighted by molar-refractivity contribution is 0.148. The zero-order valence-electron chi connectivity index (χ0n) is 5.49. The molecule has 1 heterocycles. The minimum atomic E-state index is -2.65. The minimum Gasteiger partial charge on any atom is -0.226 e. The predicted molar refractivity (Wildman–Crippen MR) is 54.6 cm³/mol. The van der Waals surface area contributed by atoms with E-state index < -0.39 is 12.4 Å². The van der Waals surface area contributed by atoms with E-state index in [9.17, 15) is 13.2 Å². The van der Waals surface area contributed by atoms with Crippen LogP contribution in [-0.2, 0) is 0 Å². The molecule has 0 aliphatic carbocycles. The highest BCUT2D eigenvalue weighted by atomic mass is 127. The number of aromatic nitrogens is 1. The summed E-state index contributed by atoms with van der Waals surface area (Å²) in [5.41, 5.74) is -0.274. The molecule has 0 unspecified atom stereocenters. The van der Waals surface area contributed by atoms with Crippen molar-refractivity contribution < 1.29 is 13.2 Å². The fourth-order valence-corrected chi connectivity index (χ4v) is 2.48. The Labute approximate surface area is 94.0 Å².